The van der Waals surface area contributed by atoms with E-state index < -0.39 is 0 Å². The molecule has 0 amide bonds. The van der Waals surface area contributed by atoms with Gasteiger partial charge in [-0.2, -0.15) is 0 Å². The normalized spacial score (nSPS) is 12.7. The third-order valence-corrected chi connectivity index (χ3v) is 19.4. The standard InChI is InChI=1S/C86H66BN3/c1-85(2,3)63-41-43-72-73-44-42-64(86(4,5)6)52-80(73)89(79(72)51-63)66-53-81-83-82(54-66)90-77-39-21-20-38-71(77)74-48-62(70-37-19-18-35-68(70)60-31-23-29-58(47-60)56-26-12-8-13-27-56)50-76(84(74)90)87(83)75-49-61(40-45-78(75)88(81)65-32-14-9-15-33-65)69-36-17-16-34-67(69)59-30-22-28-57(46-59)55-24-10-7-11-25-55/h7-54H,1-6H3. The first-order valence-electron chi connectivity index (χ1n) is 31.8. The van der Waals surface area contributed by atoms with Crippen molar-refractivity contribution in [3.05, 3.63) is 302 Å². The minimum atomic E-state index is -0.168. The summed E-state index contributed by atoms with van der Waals surface area (Å²) in [6.45, 7) is 13.8. The van der Waals surface area contributed by atoms with Crippen LogP contribution in [0.4, 0.5) is 17.1 Å². The third kappa shape index (κ3) is 8.57. The molecule has 0 fully saturated rings. The second-order valence-corrected chi connectivity index (χ2v) is 26.9. The van der Waals surface area contributed by atoms with Gasteiger partial charge < -0.3 is 14.0 Å². The van der Waals surface area contributed by atoms with Crippen LogP contribution in [0, 0.1) is 0 Å². The number of benzene rings is 13. The molecule has 0 saturated heterocycles. The Bertz CT molecular complexity index is 5310. The molecule has 15 aromatic rings. The van der Waals surface area contributed by atoms with E-state index in [1.807, 2.05) is 0 Å². The van der Waals surface area contributed by atoms with Gasteiger partial charge in [0.15, 0.2) is 0 Å². The fraction of sp³-hybridized carbons (Fsp3) is 0.0930. The quantitative estimate of drug-likeness (QED) is 0.138. The van der Waals surface area contributed by atoms with Crippen molar-refractivity contribution in [3.8, 4) is 78.1 Å². The summed E-state index contributed by atoms with van der Waals surface area (Å²) >= 11 is 0. The zero-order chi connectivity index (χ0) is 60.6. The molecule has 2 aliphatic heterocycles. The van der Waals surface area contributed by atoms with Crippen molar-refractivity contribution in [2.45, 2.75) is 52.4 Å². The first-order valence-corrected chi connectivity index (χ1v) is 31.8. The molecule has 13 aromatic carbocycles. The highest BCUT2D eigenvalue weighted by Crippen LogP contribution is 2.47. The SMILES string of the molecule is CC(C)(C)c1ccc2c3ccc(C(C)(C)C)cc3n(-c3cc4c5c(c3)-n3c6ccccc6c6cc(-c7ccccc7-c7cccc(-c8ccccc8)c7)cc(c63)B5c3cc(-c5ccccc5-c5cccc(-c6ccccc6)c5)ccc3N4c3ccccc3)c2c1. The monoisotopic (exact) mass is 1150 g/mol. The van der Waals surface area contributed by atoms with E-state index in [0.29, 0.717) is 0 Å². The molecule has 4 heterocycles. The number of aromatic nitrogens is 2. The van der Waals surface area contributed by atoms with E-state index in [-0.39, 0.29) is 17.5 Å². The molecule has 0 bridgehead atoms. The van der Waals surface area contributed by atoms with Crippen LogP contribution in [0.25, 0.3) is 122 Å². The van der Waals surface area contributed by atoms with Crippen LogP contribution >= 0.6 is 0 Å². The summed E-state index contributed by atoms with van der Waals surface area (Å²) in [4.78, 5) is 2.58. The average Bonchev–Trinajstić information content (AvgIpc) is 1.40. The number of anilines is 3. The first kappa shape index (κ1) is 53.6. The molecule has 0 radical (unpaired) electrons. The van der Waals surface area contributed by atoms with Gasteiger partial charge in [-0.05, 0) is 172 Å². The van der Waals surface area contributed by atoms with E-state index >= 15 is 0 Å². The predicted octanol–water partition coefficient (Wildman–Crippen LogP) is 21.1. The molecule has 3 nitrogen and oxygen atoms in total. The zero-order valence-electron chi connectivity index (χ0n) is 51.6. The Morgan fingerprint density at radius 2 is 0.722 bits per heavy atom. The van der Waals surface area contributed by atoms with Crippen LogP contribution in [0.1, 0.15) is 52.7 Å². The van der Waals surface area contributed by atoms with Crippen molar-refractivity contribution in [2.75, 3.05) is 4.90 Å². The molecule has 0 N–H and O–H groups in total. The molecule has 2 aliphatic rings. The fourth-order valence-corrected chi connectivity index (χ4v) is 15.0. The number of para-hydroxylation sites is 2. The Morgan fingerprint density at radius 3 is 1.29 bits per heavy atom. The maximum absolute atomic E-state index is 2.64. The van der Waals surface area contributed by atoms with Crippen LogP contribution < -0.4 is 21.3 Å². The topological polar surface area (TPSA) is 13.1 Å². The zero-order valence-corrected chi connectivity index (χ0v) is 51.6. The number of nitrogens with zero attached hydrogens (tertiary/aromatic N) is 3. The van der Waals surface area contributed by atoms with Gasteiger partial charge in [0.2, 0.25) is 0 Å². The minimum Gasteiger partial charge on any atom is -0.311 e. The smallest absolute Gasteiger partial charge is 0.252 e. The molecule has 0 spiro atoms. The summed E-state index contributed by atoms with van der Waals surface area (Å²) in [6, 6.07) is 110. The minimum absolute atomic E-state index is 0.0641. The molecule has 2 aromatic heterocycles. The van der Waals surface area contributed by atoms with Crippen LogP contribution in [0.5, 0.6) is 0 Å². The summed E-state index contributed by atoms with van der Waals surface area (Å²) in [5.41, 5.74) is 31.4. The maximum atomic E-state index is 2.64. The van der Waals surface area contributed by atoms with Gasteiger partial charge in [-0.15, -0.1) is 0 Å². The van der Waals surface area contributed by atoms with Crippen LogP contribution in [-0.4, -0.2) is 15.8 Å². The van der Waals surface area contributed by atoms with E-state index in [9.17, 15) is 0 Å². The van der Waals surface area contributed by atoms with Gasteiger partial charge >= 0.3 is 0 Å². The molecule has 0 atom stereocenters. The largest absolute Gasteiger partial charge is 0.311 e. The van der Waals surface area contributed by atoms with E-state index in [2.05, 4.69) is 347 Å². The number of hydrogen-bond donors (Lipinski definition) is 0. The van der Waals surface area contributed by atoms with Gasteiger partial charge in [0.05, 0.1) is 22.2 Å². The molecular formula is C86H66BN3. The summed E-state index contributed by atoms with van der Waals surface area (Å²) < 4.78 is 5.23. The summed E-state index contributed by atoms with van der Waals surface area (Å²) in [5, 5.41) is 4.99. The molecule has 0 unspecified atom stereocenters. The summed E-state index contributed by atoms with van der Waals surface area (Å²) in [7, 11) is 0. The third-order valence-electron chi connectivity index (χ3n) is 19.4. The Hall–Kier alpha value is -10.7. The van der Waals surface area contributed by atoms with Crippen molar-refractivity contribution in [1.29, 1.82) is 0 Å². The van der Waals surface area contributed by atoms with E-state index in [0.717, 1.165) is 11.4 Å². The van der Waals surface area contributed by atoms with E-state index in [1.54, 1.807) is 0 Å². The highest BCUT2D eigenvalue weighted by atomic mass is 15.2. The van der Waals surface area contributed by atoms with Crippen LogP contribution in [0.15, 0.2) is 291 Å². The second-order valence-electron chi connectivity index (χ2n) is 26.9. The summed E-state index contributed by atoms with van der Waals surface area (Å²) in [6.07, 6.45) is 0. The van der Waals surface area contributed by atoms with E-state index in [1.165, 1.54) is 155 Å². The highest BCUT2D eigenvalue weighted by molar-refractivity contribution is 7.00. The fourth-order valence-electron chi connectivity index (χ4n) is 15.0. The Morgan fingerprint density at radius 1 is 0.267 bits per heavy atom. The first-order chi connectivity index (χ1) is 43.9. The number of rotatable bonds is 8. The van der Waals surface area contributed by atoms with Gasteiger partial charge in [0, 0.05) is 49.8 Å². The highest BCUT2D eigenvalue weighted by Gasteiger charge is 2.43. The van der Waals surface area contributed by atoms with Gasteiger partial charge in [0.1, 0.15) is 0 Å². The Kier molecular flexibility index (Phi) is 12.2. The van der Waals surface area contributed by atoms with Crippen molar-refractivity contribution in [2.24, 2.45) is 0 Å². The van der Waals surface area contributed by atoms with Crippen LogP contribution in [-0.2, 0) is 10.8 Å². The second kappa shape index (κ2) is 20.5. The lowest BCUT2D eigenvalue weighted by Gasteiger charge is -2.41. The van der Waals surface area contributed by atoms with Crippen molar-refractivity contribution in [3.63, 3.8) is 0 Å². The molecule has 428 valence electrons. The number of hydrogen-bond acceptors (Lipinski definition) is 1. The predicted molar refractivity (Wildman–Crippen MR) is 384 cm³/mol. The van der Waals surface area contributed by atoms with Crippen LogP contribution in [0.3, 0.4) is 0 Å². The lowest BCUT2D eigenvalue weighted by atomic mass is 9.33. The molecule has 17 rings (SSSR count). The van der Waals surface area contributed by atoms with E-state index in [4.69, 9.17) is 0 Å². The molecule has 4 heteroatoms. The lowest BCUT2D eigenvalue weighted by molar-refractivity contribution is 0.591. The van der Waals surface area contributed by atoms with Gasteiger partial charge in [0.25, 0.3) is 6.71 Å². The van der Waals surface area contributed by atoms with Crippen molar-refractivity contribution in [1.82, 2.24) is 9.13 Å². The molecule has 90 heavy (non-hydrogen) atoms. The lowest BCUT2D eigenvalue weighted by Crippen LogP contribution is -2.60. The summed E-state index contributed by atoms with van der Waals surface area (Å²) in [5.74, 6) is 0. The Labute approximate surface area is 527 Å². The Balaban J connectivity index is 0.977. The van der Waals surface area contributed by atoms with Gasteiger partial charge in [-0.3, -0.25) is 0 Å². The van der Waals surface area contributed by atoms with Gasteiger partial charge in [-0.25, -0.2) is 0 Å². The van der Waals surface area contributed by atoms with Crippen molar-refractivity contribution >= 4 is 83.8 Å². The molecular weight excluding hydrogens is 1090 g/mol. The maximum Gasteiger partial charge on any atom is 0.252 e. The van der Waals surface area contributed by atoms with Gasteiger partial charge in [-0.1, -0.05) is 266 Å². The molecule has 0 aliphatic carbocycles. The van der Waals surface area contributed by atoms with Crippen molar-refractivity contribution < 1.29 is 0 Å². The average molecular weight is 1150 g/mol. The number of fused-ring (bicyclic) bond motifs is 10. The van der Waals surface area contributed by atoms with Crippen LogP contribution in [0.2, 0.25) is 0 Å². The molecule has 0 saturated carbocycles.